The highest BCUT2D eigenvalue weighted by molar-refractivity contribution is 5.49. The number of rotatable bonds is 4. The predicted molar refractivity (Wildman–Crippen MR) is 122 cm³/mol. The monoisotopic (exact) mass is 397 g/mol. The summed E-state index contributed by atoms with van der Waals surface area (Å²) < 4.78 is 14.9. The van der Waals surface area contributed by atoms with Crippen molar-refractivity contribution in [1.82, 2.24) is 0 Å². The second-order valence-electron chi connectivity index (χ2n) is 6.15. The molecule has 0 aliphatic carbocycles. The zero-order valence-electron chi connectivity index (χ0n) is 17.8. The molecule has 0 heterocycles. The standard InChI is InChI=1S/C9H13NO.2C7H9NO/c1-10(2)8-5-4-6-9(7-8)11-3;2*1-9-7-4-2-3-6(8)5-7/h4-7H,1-3H3;2*2-5H,8H2,1H3. The van der Waals surface area contributed by atoms with Gasteiger partial charge >= 0.3 is 0 Å². The van der Waals surface area contributed by atoms with Gasteiger partial charge < -0.3 is 30.6 Å². The third-order valence-electron chi connectivity index (χ3n) is 3.76. The lowest BCUT2D eigenvalue weighted by Crippen LogP contribution is -2.08. The van der Waals surface area contributed by atoms with Crippen molar-refractivity contribution in [3.8, 4) is 17.2 Å². The van der Waals surface area contributed by atoms with Crippen LogP contribution in [-0.4, -0.2) is 35.4 Å². The second-order valence-corrected chi connectivity index (χ2v) is 6.15. The number of hydrogen-bond acceptors (Lipinski definition) is 6. The van der Waals surface area contributed by atoms with Crippen molar-refractivity contribution < 1.29 is 14.2 Å². The molecular weight excluding hydrogens is 366 g/mol. The van der Waals surface area contributed by atoms with Gasteiger partial charge in [-0.1, -0.05) is 18.2 Å². The first-order valence-corrected chi connectivity index (χ1v) is 9.00. The summed E-state index contributed by atoms with van der Waals surface area (Å²) in [5.41, 5.74) is 13.5. The molecule has 4 N–H and O–H groups in total. The molecule has 0 aliphatic rings. The maximum Gasteiger partial charge on any atom is 0.120 e. The maximum absolute atomic E-state index is 5.45. The number of ether oxygens (including phenoxy) is 3. The fourth-order valence-corrected chi connectivity index (χ4v) is 2.17. The van der Waals surface area contributed by atoms with Gasteiger partial charge in [0.15, 0.2) is 0 Å². The maximum atomic E-state index is 5.45. The Bertz CT molecular complexity index is 809. The molecule has 0 unspecified atom stereocenters. The quantitative estimate of drug-likeness (QED) is 0.638. The van der Waals surface area contributed by atoms with Crippen LogP contribution in [0.3, 0.4) is 0 Å². The van der Waals surface area contributed by atoms with E-state index in [0.717, 1.165) is 34.3 Å². The van der Waals surface area contributed by atoms with Crippen molar-refractivity contribution in [2.24, 2.45) is 0 Å². The van der Waals surface area contributed by atoms with E-state index in [4.69, 9.17) is 25.7 Å². The van der Waals surface area contributed by atoms with E-state index in [-0.39, 0.29) is 0 Å². The van der Waals surface area contributed by atoms with Gasteiger partial charge in [-0.15, -0.1) is 0 Å². The van der Waals surface area contributed by atoms with Gasteiger partial charge in [0.2, 0.25) is 0 Å². The summed E-state index contributed by atoms with van der Waals surface area (Å²) in [7, 11) is 8.93. The normalized spacial score (nSPS) is 9.14. The van der Waals surface area contributed by atoms with Gasteiger partial charge in [-0.3, -0.25) is 0 Å². The van der Waals surface area contributed by atoms with Gasteiger partial charge in [0.05, 0.1) is 21.3 Å². The Morgan fingerprint density at radius 1 is 0.586 bits per heavy atom. The van der Waals surface area contributed by atoms with Crippen LogP contribution in [0.15, 0.2) is 72.8 Å². The first-order chi connectivity index (χ1) is 13.9. The van der Waals surface area contributed by atoms with Gasteiger partial charge in [-0.05, 0) is 36.4 Å². The number of anilines is 3. The summed E-state index contributed by atoms with van der Waals surface area (Å²) in [6, 6.07) is 22.6. The van der Waals surface area contributed by atoms with Crippen LogP contribution >= 0.6 is 0 Å². The summed E-state index contributed by atoms with van der Waals surface area (Å²) in [6.45, 7) is 0. The Morgan fingerprint density at radius 3 is 1.28 bits per heavy atom. The lowest BCUT2D eigenvalue weighted by atomic mass is 10.3. The molecule has 6 heteroatoms. The fourth-order valence-electron chi connectivity index (χ4n) is 2.17. The van der Waals surface area contributed by atoms with E-state index in [9.17, 15) is 0 Å². The van der Waals surface area contributed by atoms with Crippen LogP contribution in [0.25, 0.3) is 0 Å². The predicted octanol–water partition coefficient (Wildman–Crippen LogP) is 4.32. The molecule has 156 valence electrons. The molecule has 0 spiro atoms. The molecule has 29 heavy (non-hydrogen) atoms. The minimum atomic E-state index is 0.731. The van der Waals surface area contributed by atoms with Crippen molar-refractivity contribution in [3.63, 3.8) is 0 Å². The summed E-state index contributed by atoms with van der Waals surface area (Å²) in [6.07, 6.45) is 0. The van der Waals surface area contributed by atoms with Gasteiger partial charge in [-0.2, -0.15) is 0 Å². The third-order valence-corrected chi connectivity index (χ3v) is 3.76. The highest BCUT2D eigenvalue weighted by Gasteiger charge is 1.95. The van der Waals surface area contributed by atoms with E-state index < -0.39 is 0 Å². The van der Waals surface area contributed by atoms with Crippen molar-refractivity contribution in [1.29, 1.82) is 0 Å². The molecule has 0 aromatic heterocycles. The van der Waals surface area contributed by atoms with Crippen molar-refractivity contribution in [2.75, 3.05) is 51.8 Å². The fraction of sp³-hybridized carbons (Fsp3) is 0.217. The van der Waals surface area contributed by atoms with Gasteiger partial charge in [-0.25, -0.2) is 0 Å². The molecule has 0 saturated heterocycles. The lowest BCUT2D eigenvalue weighted by Gasteiger charge is -2.12. The van der Waals surface area contributed by atoms with Crippen LogP contribution in [0.4, 0.5) is 17.1 Å². The van der Waals surface area contributed by atoms with Crippen LogP contribution in [0.1, 0.15) is 0 Å². The largest absolute Gasteiger partial charge is 0.497 e. The Morgan fingerprint density at radius 2 is 0.966 bits per heavy atom. The van der Waals surface area contributed by atoms with E-state index in [1.165, 1.54) is 0 Å². The summed E-state index contributed by atoms with van der Waals surface area (Å²) >= 11 is 0. The van der Waals surface area contributed by atoms with E-state index in [0.29, 0.717) is 0 Å². The molecule has 0 fully saturated rings. The molecule has 0 saturated carbocycles. The first kappa shape index (κ1) is 23.5. The van der Waals surface area contributed by atoms with E-state index >= 15 is 0 Å². The number of nitrogen functional groups attached to an aromatic ring is 2. The van der Waals surface area contributed by atoms with E-state index in [2.05, 4.69) is 0 Å². The van der Waals surface area contributed by atoms with Crippen LogP contribution in [0, 0.1) is 0 Å². The SMILES string of the molecule is COc1cccc(N(C)C)c1.COc1cccc(N)c1.COc1cccc(N)c1. The third kappa shape index (κ3) is 9.28. The summed E-state index contributed by atoms with van der Waals surface area (Å²) in [5.74, 6) is 2.50. The first-order valence-electron chi connectivity index (χ1n) is 9.00. The molecule has 0 aliphatic heterocycles. The van der Waals surface area contributed by atoms with Crippen molar-refractivity contribution in [3.05, 3.63) is 72.8 Å². The van der Waals surface area contributed by atoms with E-state index in [1.807, 2.05) is 79.7 Å². The van der Waals surface area contributed by atoms with Gasteiger partial charge in [0.1, 0.15) is 17.2 Å². The summed E-state index contributed by atoms with van der Waals surface area (Å²) in [5, 5.41) is 0. The van der Waals surface area contributed by atoms with Crippen molar-refractivity contribution in [2.45, 2.75) is 0 Å². The minimum absolute atomic E-state index is 0.731. The topological polar surface area (TPSA) is 83.0 Å². The summed E-state index contributed by atoms with van der Waals surface area (Å²) in [4.78, 5) is 2.04. The number of nitrogens with zero attached hydrogens (tertiary/aromatic N) is 1. The second kappa shape index (κ2) is 12.8. The molecule has 3 aromatic carbocycles. The smallest absolute Gasteiger partial charge is 0.120 e. The molecular formula is C23H31N3O3. The number of benzene rings is 3. The van der Waals surface area contributed by atoms with Crippen LogP contribution in [0.2, 0.25) is 0 Å². The molecule has 6 nitrogen and oxygen atoms in total. The minimum Gasteiger partial charge on any atom is -0.497 e. The Kier molecular flexibility index (Phi) is 10.4. The number of hydrogen-bond donors (Lipinski definition) is 2. The molecule has 0 amide bonds. The van der Waals surface area contributed by atoms with Crippen LogP contribution < -0.4 is 30.6 Å². The van der Waals surface area contributed by atoms with Crippen LogP contribution in [-0.2, 0) is 0 Å². The van der Waals surface area contributed by atoms with Crippen molar-refractivity contribution >= 4 is 17.1 Å². The van der Waals surface area contributed by atoms with Gasteiger partial charge in [0.25, 0.3) is 0 Å². The molecule has 0 atom stereocenters. The average molecular weight is 398 g/mol. The van der Waals surface area contributed by atoms with E-state index in [1.54, 1.807) is 33.5 Å². The molecule has 0 bridgehead atoms. The Labute approximate surface area is 173 Å². The highest BCUT2D eigenvalue weighted by Crippen LogP contribution is 2.18. The molecule has 0 radical (unpaired) electrons. The molecule has 3 aromatic rings. The average Bonchev–Trinajstić information content (AvgIpc) is 2.74. The highest BCUT2D eigenvalue weighted by atomic mass is 16.5. The Hall–Kier alpha value is -3.54. The zero-order chi connectivity index (χ0) is 21.6. The number of nitrogens with two attached hydrogens (primary N) is 2. The van der Waals surface area contributed by atoms with Crippen LogP contribution in [0.5, 0.6) is 17.2 Å². The lowest BCUT2D eigenvalue weighted by molar-refractivity contribution is 0.415. The zero-order valence-corrected chi connectivity index (χ0v) is 17.8. The van der Waals surface area contributed by atoms with Gasteiger partial charge in [0, 0.05) is 49.4 Å². The number of methoxy groups -OCH3 is 3. The molecule has 3 rings (SSSR count). The Balaban J connectivity index is 0.000000219.